The number of aliphatic hydroxyl groups excluding tert-OH is 1. The van der Waals surface area contributed by atoms with Gasteiger partial charge in [-0.05, 0) is 25.7 Å². The number of hydrogen-bond acceptors (Lipinski definition) is 3. The summed E-state index contributed by atoms with van der Waals surface area (Å²) in [5, 5.41) is 16.3. The highest BCUT2D eigenvalue weighted by Gasteiger charge is 2.21. The monoisotopic (exact) mass is 223 g/mol. The van der Waals surface area contributed by atoms with Crippen LogP contribution in [0.25, 0.3) is 0 Å². The Morgan fingerprint density at radius 1 is 1.50 bits per heavy atom. The van der Waals surface area contributed by atoms with E-state index in [4.69, 9.17) is 0 Å². The number of amides is 1. The highest BCUT2D eigenvalue weighted by Crippen LogP contribution is 2.18. The molecule has 0 spiro atoms. The summed E-state index contributed by atoms with van der Waals surface area (Å²) in [5.74, 6) is -0.0745. The molecule has 1 saturated carbocycles. The van der Waals surface area contributed by atoms with Crippen molar-refractivity contribution in [2.24, 2.45) is 7.05 Å². The van der Waals surface area contributed by atoms with Crippen molar-refractivity contribution < 1.29 is 9.90 Å². The fraction of sp³-hybridized carbons (Fsp3) is 0.636. The van der Waals surface area contributed by atoms with Gasteiger partial charge in [-0.1, -0.05) is 0 Å². The molecule has 1 aliphatic rings. The quantitative estimate of drug-likeness (QED) is 0.765. The third-order valence-corrected chi connectivity index (χ3v) is 3.00. The lowest BCUT2D eigenvalue weighted by molar-refractivity contribution is 0.0867. The van der Waals surface area contributed by atoms with Gasteiger partial charge in [-0.3, -0.25) is 9.48 Å². The molecule has 1 amide bonds. The van der Waals surface area contributed by atoms with E-state index in [2.05, 4.69) is 10.4 Å². The molecule has 88 valence electrons. The second-order valence-corrected chi connectivity index (χ2v) is 4.38. The van der Waals surface area contributed by atoms with E-state index in [1.165, 1.54) is 0 Å². The Kier molecular flexibility index (Phi) is 3.24. The van der Waals surface area contributed by atoms with Gasteiger partial charge in [0.05, 0.1) is 17.9 Å². The summed E-state index contributed by atoms with van der Waals surface area (Å²) >= 11 is 0. The van der Waals surface area contributed by atoms with Crippen LogP contribution in [0.5, 0.6) is 0 Å². The van der Waals surface area contributed by atoms with Gasteiger partial charge in [0.2, 0.25) is 0 Å². The SMILES string of the molecule is Cn1cc(C(=O)NC2CCC(O)CC2)cn1. The number of nitrogens with one attached hydrogen (secondary N) is 1. The van der Waals surface area contributed by atoms with Crippen LogP contribution < -0.4 is 5.32 Å². The number of carbonyl (C=O) groups is 1. The maximum absolute atomic E-state index is 11.8. The zero-order valence-electron chi connectivity index (χ0n) is 9.39. The summed E-state index contributed by atoms with van der Waals surface area (Å²) in [6.07, 6.45) is 6.34. The van der Waals surface area contributed by atoms with Crippen molar-refractivity contribution in [3.8, 4) is 0 Å². The van der Waals surface area contributed by atoms with Crippen molar-refractivity contribution in [3.05, 3.63) is 18.0 Å². The third-order valence-electron chi connectivity index (χ3n) is 3.00. The average Bonchev–Trinajstić information content (AvgIpc) is 2.68. The predicted molar refractivity (Wildman–Crippen MR) is 58.9 cm³/mol. The summed E-state index contributed by atoms with van der Waals surface area (Å²) < 4.78 is 1.61. The van der Waals surface area contributed by atoms with Gasteiger partial charge in [0.1, 0.15) is 0 Å². The first-order valence-corrected chi connectivity index (χ1v) is 5.62. The molecule has 16 heavy (non-hydrogen) atoms. The number of carbonyl (C=O) groups excluding carboxylic acids is 1. The molecular weight excluding hydrogens is 206 g/mol. The fourth-order valence-electron chi connectivity index (χ4n) is 2.03. The Hall–Kier alpha value is -1.36. The highest BCUT2D eigenvalue weighted by molar-refractivity contribution is 5.93. The van der Waals surface area contributed by atoms with Gasteiger partial charge in [-0.25, -0.2) is 0 Å². The molecular formula is C11H17N3O2. The number of rotatable bonds is 2. The van der Waals surface area contributed by atoms with Crippen LogP contribution in [0.4, 0.5) is 0 Å². The summed E-state index contributed by atoms with van der Waals surface area (Å²) in [6, 6.07) is 0.191. The first-order valence-electron chi connectivity index (χ1n) is 5.62. The number of nitrogens with zero attached hydrogens (tertiary/aromatic N) is 2. The standard InChI is InChI=1S/C11H17N3O2/c1-14-7-8(6-12-14)11(16)13-9-2-4-10(15)5-3-9/h6-7,9-10,15H,2-5H2,1H3,(H,13,16). The minimum atomic E-state index is -0.188. The topological polar surface area (TPSA) is 67.2 Å². The minimum absolute atomic E-state index is 0.0745. The molecule has 0 radical (unpaired) electrons. The molecule has 0 saturated heterocycles. The van der Waals surface area contributed by atoms with Gasteiger partial charge >= 0.3 is 0 Å². The smallest absolute Gasteiger partial charge is 0.254 e. The van der Waals surface area contributed by atoms with Crippen molar-refractivity contribution in [1.29, 1.82) is 0 Å². The minimum Gasteiger partial charge on any atom is -0.393 e. The van der Waals surface area contributed by atoms with Crippen LogP contribution in [-0.2, 0) is 7.05 Å². The molecule has 1 heterocycles. The Morgan fingerprint density at radius 2 is 2.19 bits per heavy atom. The molecule has 0 unspecified atom stereocenters. The molecule has 1 aromatic heterocycles. The van der Waals surface area contributed by atoms with E-state index >= 15 is 0 Å². The van der Waals surface area contributed by atoms with Crippen LogP contribution in [0.2, 0.25) is 0 Å². The molecule has 0 aromatic carbocycles. The molecule has 2 rings (SSSR count). The van der Waals surface area contributed by atoms with Crippen molar-refractivity contribution >= 4 is 5.91 Å². The lowest BCUT2D eigenvalue weighted by atomic mass is 9.93. The highest BCUT2D eigenvalue weighted by atomic mass is 16.3. The molecule has 1 fully saturated rings. The molecule has 0 aliphatic heterocycles. The van der Waals surface area contributed by atoms with E-state index in [1.807, 2.05) is 0 Å². The lowest BCUT2D eigenvalue weighted by Crippen LogP contribution is -2.38. The normalized spacial score (nSPS) is 25.4. The number of aromatic nitrogens is 2. The Balaban J connectivity index is 1.88. The molecule has 5 nitrogen and oxygen atoms in total. The lowest BCUT2D eigenvalue weighted by Gasteiger charge is -2.25. The van der Waals surface area contributed by atoms with Crippen molar-refractivity contribution in [1.82, 2.24) is 15.1 Å². The number of hydrogen-bond donors (Lipinski definition) is 2. The summed E-state index contributed by atoms with van der Waals surface area (Å²) in [5.41, 5.74) is 0.591. The van der Waals surface area contributed by atoms with Crippen LogP contribution >= 0.6 is 0 Å². The second-order valence-electron chi connectivity index (χ2n) is 4.38. The molecule has 0 bridgehead atoms. The molecule has 2 N–H and O–H groups in total. The zero-order valence-corrected chi connectivity index (χ0v) is 9.39. The fourth-order valence-corrected chi connectivity index (χ4v) is 2.03. The Morgan fingerprint density at radius 3 is 2.75 bits per heavy atom. The van der Waals surface area contributed by atoms with Gasteiger partial charge in [0.15, 0.2) is 0 Å². The van der Waals surface area contributed by atoms with Gasteiger partial charge in [-0.15, -0.1) is 0 Å². The van der Waals surface area contributed by atoms with Gasteiger partial charge < -0.3 is 10.4 Å². The predicted octanol–water partition coefficient (Wildman–Crippen LogP) is 0.453. The summed E-state index contributed by atoms with van der Waals surface area (Å²) in [6.45, 7) is 0. The van der Waals surface area contributed by atoms with E-state index in [0.717, 1.165) is 25.7 Å². The van der Waals surface area contributed by atoms with Crippen LogP contribution in [-0.4, -0.2) is 32.9 Å². The van der Waals surface area contributed by atoms with Gasteiger partial charge in [0.25, 0.3) is 5.91 Å². The summed E-state index contributed by atoms with van der Waals surface area (Å²) in [7, 11) is 1.79. The largest absolute Gasteiger partial charge is 0.393 e. The number of aliphatic hydroxyl groups is 1. The maximum atomic E-state index is 11.8. The molecule has 1 aromatic rings. The van der Waals surface area contributed by atoms with Crippen LogP contribution in [0.3, 0.4) is 0 Å². The van der Waals surface area contributed by atoms with Crippen LogP contribution in [0, 0.1) is 0 Å². The third kappa shape index (κ3) is 2.61. The van der Waals surface area contributed by atoms with Crippen LogP contribution in [0.15, 0.2) is 12.4 Å². The maximum Gasteiger partial charge on any atom is 0.254 e. The van der Waals surface area contributed by atoms with Crippen molar-refractivity contribution in [2.45, 2.75) is 37.8 Å². The molecule has 0 atom stereocenters. The van der Waals surface area contributed by atoms with Crippen molar-refractivity contribution in [2.75, 3.05) is 0 Å². The Bertz CT molecular complexity index is 367. The first-order chi connectivity index (χ1) is 7.65. The van der Waals surface area contributed by atoms with E-state index in [9.17, 15) is 9.90 Å². The average molecular weight is 223 g/mol. The van der Waals surface area contributed by atoms with Gasteiger partial charge in [0, 0.05) is 19.3 Å². The second kappa shape index (κ2) is 4.65. The zero-order chi connectivity index (χ0) is 11.5. The first kappa shape index (κ1) is 11.1. The van der Waals surface area contributed by atoms with E-state index in [0.29, 0.717) is 5.56 Å². The van der Waals surface area contributed by atoms with E-state index in [1.54, 1.807) is 24.1 Å². The number of aryl methyl sites for hydroxylation is 1. The van der Waals surface area contributed by atoms with Crippen LogP contribution in [0.1, 0.15) is 36.0 Å². The molecule has 5 heteroatoms. The molecule has 1 aliphatic carbocycles. The van der Waals surface area contributed by atoms with E-state index in [-0.39, 0.29) is 18.1 Å². The van der Waals surface area contributed by atoms with E-state index < -0.39 is 0 Å². The summed E-state index contributed by atoms with van der Waals surface area (Å²) in [4.78, 5) is 11.8. The Labute approximate surface area is 94.5 Å². The van der Waals surface area contributed by atoms with Gasteiger partial charge in [-0.2, -0.15) is 5.10 Å². The van der Waals surface area contributed by atoms with Crippen molar-refractivity contribution in [3.63, 3.8) is 0 Å².